The summed E-state index contributed by atoms with van der Waals surface area (Å²) in [7, 11) is 1.09. The largest absolute Gasteiger partial charge is 0.465 e. The third kappa shape index (κ3) is 7.64. The quantitative estimate of drug-likeness (QED) is 0.0918. The second kappa shape index (κ2) is 15.2. The fourth-order valence-corrected chi connectivity index (χ4v) is 6.46. The van der Waals surface area contributed by atoms with E-state index in [1.807, 2.05) is 13.8 Å². The summed E-state index contributed by atoms with van der Waals surface area (Å²) in [5, 5.41) is 27.7. The van der Waals surface area contributed by atoms with Gasteiger partial charge >= 0.3 is 5.97 Å². The number of Topliss-reactive ketones (excluding diaryl/α,β-unsaturated/α-hetero) is 1. The minimum Gasteiger partial charge on any atom is -0.465 e. The molecular weight excluding hydrogens is 670 g/mol. The highest BCUT2D eigenvalue weighted by Gasteiger charge is 2.59. The number of carbonyl (C=O) groups is 3. The average Bonchev–Trinajstić information content (AvgIpc) is 3.35. The van der Waals surface area contributed by atoms with Gasteiger partial charge in [-0.1, -0.05) is 55.2 Å². The molecule has 0 unspecified atom stereocenters. The number of nitro benzene ring substituents is 1. The molecule has 3 aromatic carbocycles. The molecular formula is C33H33Cl2FN4O8. The molecule has 1 heterocycles. The Morgan fingerprint density at radius 1 is 1.06 bits per heavy atom. The van der Waals surface area contributed by atoms with Crippen LogP contribution in [-0.2, 0) is 9.53 Å². The van der Waals surface area contributed by atoms with Gasteiger partial charge in [-0.15, -0.1) is 0 Å². The topological polar surface area (TPSA) is 162 Å². The zero-order valence-electron chi connectivity index (χ0n) is 26.4. The molecule has 0 radical (unpaired) electrons. The van der Waals surface area contributed by atoms with E-state index in [1.165, 1.54) is 35.2 Å². The number of amides is 1. The van der Waals surface area contributed by atoms with Gasteiger partial charge in [-0.25, -0.2) is 9.18 Å². The highest BCUT2D eigenvalue weighted by atomic mass is 35.5. The molecule has 1 saturated heterocycles. The molecule has 4 atom stereocenters. The lowest BCUT2D eigenvalue weighted by molar-refractivity contribution is -0.527. The van der Waals surface area contributed by atoms with Crippen LogP contribution < -0.4 is 5.32 Å². The molecule has 1 aliphatic rings. The molecule has 4 rings (SSSR count). The van der Waals surface area contributed by atoms with Crippen molar-refractivity contribution in [2.45, 2.75) is 57.7 Å². The van der Waals surface area contributed by atoms with Crippen molar-refractivity contribution < 1.29 is 33.4 Å². The monoisotopic (exact) mass is 702 g/mol. The van der Waals surface area contributed by atoms with Crippen LogP contribution in [0.2, 0.25) is 10.0 Å². The summed E-state index contributed by atoms with van der Waals surface area (Å²) < 4.78 is 20.4. The molecule has 1 amide bonds. The van der Waals surface area contributed by atoms with Crippen molar-refractivity contribution in [2.75, 3.05) is 19.0 Å². The highest BCUT2D eigenvalue weighted by molar-refractivity contribution is 6.31. The molecule has 254 valence electrons. The molecule has 1 aliphatic heterocycles. The molecule has 15 heteroatoms. The molecule has 48 heavy (non-hydrogen) atoms. The maximum absolute atomic E-state index is 15.7. The smallest absolute Gasteiger partial charge is 0.338 e. The first-order valence-corrected chi connectivity index (χ1v) is 15.7. The summed E-state index contributed by atoms with van der Waals surface area (Å²) in [6, 6.07) is 7.56. The predicted octanol–water partition coefficient (Wildman–Crippen LogP) is 6.88. The van der Waals surface area contributed by atoms with Gasteiger partial charge in [0.1, 0.15) is 11.9 Å². The maximum Gasteiger partial charge on any atom is 0.338 e. The Hall–Kier alpha value is -4.46. The Kier molecular flexibility index (Phi) is 11.5. The molecule has 0 spiro atoms. The number of ether oxygens (including phenoxy) is 1. The van der Waals surface area contributed by atoms with Gasteiger partial charge in [0.2, 0.25) is 11.9 Å². The van der Waals surface area contributed by atoms with Crippen molar-refractivity contribution in [3.63, 3.8) is 0 Å². The zero-order valence-corrected chi connectivity index (χ0v) is 28.0. The van der Waals surface area contributed by atoms with E-state index in [0.29, 0.717) is 22.7 Å². The molecule has 1 fully saturated rings. The van der Waals surface area contributed by atoms with Crippen LogP contribution >= 0.6 is 23.2 Å². The second-order valence-corrected chi connectivity index (χ2v) is 12.8. The van der Waals surface area contributed by atoms with Gasteiger partial charge in [0, 0.05) is 33.7 Å². The lowest BCUT2D eigenvalue weighted by Crippen LogP contribution is -2.47. The SMILES string of the molecule is COC(=O)c1ccc(C(=O)C[C@H]2[C@@H]([N+](=O)[O-])[C@H](c3cccc(Cl)c3F)[C@H](C(=O)Nc3cc(Cl)ccc3C)N2CCC(C)C)c([N+](=O)[O-])c1. The van der Waals surface area contributed by atoms with Crippen LogP contribution in [0.15, 0.2) is 54.6 Å². The zero-order chi connectivity index (χ0) is 35.4. The Balaban J connectivity index is 1.89. The van der Waals surface area contributed by atoms with E-state index in [-0.39, 0.29) is 28.6 Å². The number of nitrogens with one attached hydrogen (secondary N) is 1. The molecule has 0 saturated carbocycles. The van der Waals surface area contributed by atoms with Crippen molar-refractivity contribution >= 4 is 52.2 Å². The lowest BCUT2D eigenvalue weighted by Gasteiger charge is -2.30. The first kappa shape index (κ1) is 36.4. The Morgan fingerprint density at radius 2 is 1.77 bits per heavy atom. The van der Waals surface area contributed by atoms with Gasteiger partial charge in [-0.05, 0) is 61.7 Å². The lowest BCUT2D eigenvalue weighted by atomic mass is 9.84. The van der Waals surface area contributed by atoms with Crippen molar-refractivity contribution in [3.8, 4) is 0 Å². The van der Waals surface area contributed by atoms with Crippen LogP contribution in [0, 0.1) is 38.9 Å². The number of likely N-dealkylation sites (tertiary alicyclic amines) is 1. The van der Waals surface area contributed by atoms with E-state index in [0.717, 1.165) is 19.2 Å². The third-order valence-electron chi connectivity index (χ3n) is 8.47. The number of nitro groups is 2. The minimum absolute atomic E-state index is 0.0585. The number of nitrogens with zero attached hydrogens (tertiary/aromatic N) is 3. The van der Waals surface area contributed by atoms with Crippen LogP contribution in [-0.4, -0.2) is 64.2 Å². The van der Waals surface area contributed by atoms with Crippen LogP contribution in [0.5, 0.6) is 0 Å². The molecule has 1 N–H and O–H groups in total. The summed E-state index contributed by atoms with van der Waals surface area (Å²) in [4.78, 5) is 65.1. The number of hydrogen-bond donors (Lipinski definition) is 1. The van der Waals surface area contributed by atoms with Gasteiger partial charge in [0.25, 0.3) is 5.69 Å². The number of benzene rings is 3. The van der Waals surface area contributed by atoms with Crippen molar-refractivity contribution in [1.82, 2.24) is 4.90 Å². The summed E-state index contributed by atoms with van der Waals surface area (Å²) in [5.41, 5.74) is -0.481. The standard InChI is InChI=1S/C33H33Cl2FN4O8/c1-17(2)12-13-38-26(16-27(41)21-11-9-19(33(43)48-4)14-25(21)39(44)45)30(40(46)47)28(22-6-5-7-23(35)29(22)36)31(38)32(42)37-24-15-20(34)10-8-18(24)3/h5-11,14-15,17,26,28,30-31H,12-13,16H2,1-4H3,(H,37,42)/t26-,28-,30+,31+/m0/s1. The van der Waals surface area contributed by atoms with Crippen molar-refractivity contribution in [3.05, 3.63) is 113 Å². The van der Waals surface area contributed by atoms with Gasteiger partial charge in [-0.2, -0.15) is 0 Å². The highest BCUT2D eigenvalue weighted by Crippen LogP contribution is 2.44. The molecule has 0 aromatic heterocycles. The van der Waals surface area contributed by atoms with Crippen LogP contribution in [0.3, 0.4) is 0 Å². The molecule has 3 aromatic rings. The van der Waals surface area contributed by atoms with Gasteiger partial charge in [0.15, 0.2) is 5.78 Å². The second-order valence-electron chi connectivity index (χ2n) is 11.9. The van der Waals surface area contributed by atoms with E-state index >= 15 is 4.39 Å². The first-order valence-electron chi connectivity index (χ1n) is 15.0. The van der Waals surface area contributed by atoms with Gasteiger partial charge < -0.3 is 10.1 Å². The summed E-state index contributed by atoms with van der Waals surface area (Å²) in [6.45, 7) is 5.64. The van der Waals surface area contributed by atoms with Crippen LogP contribution in [0.4, 0.5) is 15.8 Å². The van der Waals surface area contributed by atoms with E-state index in [1.54, 1.807) is 19.1 Å². The van der Waals surface area contributed by atoms with Crippen molar-refractivity contribution in [2.24, 2.45) is 5.92 Å². The molecule has 12 nitrogen and oxygen atoms in total. The fourth-order valence-electron chi connectivity index (χ4n) is 6.10. The normalized spacial score (nSPS) is 19.2. The molecule has 0 aliphatic carbocycles. The average molecular weight is 704 g/mol. The van der Waals surface area contributed by atoms with E-state index < -0.39 is 75.0 Å². The minimum atomic E-state index is -1.72. The van der Waals surface area contributed by atoms with Gasteiger partial charge in [0.05, 0.1) is 40.1 Å². The predicted molar refractivity (Wildman–Crippen MR) is 177 cm³/mol. The van der Waals surface area contributed by atoms with Crippen LogP contribution in [0.25, 0.3) is 0 Å². The summed E-state index contributed by atoms with van der Waals surface area (Å²) in [6.07, 6.45) is -0.200. The number of carbonyl (C=O) groups excluding carboxylic acids is 3. The number of hydrogen-bond acceptors (Lipinski definition) is 9. The Bertz CT molecular complexity index is 1770. The third-order valence-corrected chi connectivity index (χ3v) is 9.00. The number of anilines is 1. The number of ketones is 1. The number of esters is 1. The maximum atomic E-state index is 15.7. The van der Waals surface area contributed by atoms with Crippen LogP contribution in [0.1, 0.15) is 64.4 Å². The number of aryl methyl sites for hydroxylation is 1. The Morgan fingerprint density at radius 3 is 2.40 bits per heavy atom. The number of methoxy groups -OCH3 is 1. The molecule has 0 bridgehead atoms. The fraction of sp³-hybridized carbons (Fsp3) is 0.364. The number of halogens is 3. The Labute approximate surface area is 285 Å². The van der Waals surface area contributed by atoms with E-state index in [9.17, 15) is 34.6 Å². The number of rotatable bonds is 12. The van der Waals surface area contributed by atoms with Crippen molar-refractivity contribution in [1.29, 1.82) is 0 Å². The first-order chi connectivity index (χ1) is 22.7. The summed E-state index contributed by atoms with van der Waals surface area (Å²) in [5.74, 6) is -4.73. The van der Waals surface area contributed by atoms with E-state index in [4.69, 9.17) is 23.2 Å². The summed E-state index contributed by atoms with van der Waals surface area (Å²) >= 11 is 12.3. The van der Waals surface area contributed by atoms with E-state index in [2.05, 4.69) is 10.1 Å². The van der Waals surface area contributed by atoms with Gasteiger partial charge in [-0.3, -0.25) is 34.7 Å².